The Bertz CT molecular complexity index is 972. The first-order chi connectivity index (χ1) is 12.6. The summed E-state index contributed by atoms with van der Waals surface area (Å²) < 4.78 is 4.91. The van der Waals surface area contributed by atoms with Crippen molar-refractivity contribution in [2.75, 3.05) is 0 Å². The fourth-order valence-corrected chi connectivity index (χ4v) is 2.51. The maximum atomic E-state index is 12.7. The summed E-state index contributed by atoms with van der Waals surface area (Å²) in [5, 5.41) is 0. The van der Waals surface area contributed by atoms with Crippen molar-refractivity contribution >= 4 is 17.7 Å². The van der Waals surface area contributed by atoms with Gasteiger partial charge in [0.1, 0.15) is 0 Å². The molecule has 0 aliphatic carbocycles. The Kier molecular flexibility index (Phi) is 7.25. The van der Waals surface area contributed by atoms with Gasteiger partial charge < -0.3 is 6.16 Å². The number of aryl methyl sites for hydroxylation is 1. The molecule has 0 unspecified atom stereocenters. The van der Waals surface area contributed by atoms with Gasteiger partial charge in [0.15, 0.2) is 5.78 Å². The molecule has 0 saturated carbocycles. The Hall–Kier alpha value is -2.53. The van der Waals surface area contributed by atoms with Gasteiger partial charge in [0.2, 0.25) is 0 Å². The van der Waals surface area contributed by atoms with E-state index >= 15 is 0 Å². The molecule has 0 bridgehead atoms. The fraction of sp³-hybridized carbons (Fsp3) is 0.0455. The molecule has 0 saturated heterocycles. The molecule has 0 aliphatic heterocycles. The van der Waals surface area contributed by atoms with Crippen LogP contribution in [0.15, 0.2) is 78.9 Å². The molecular formula is C22H17NaO4. The van der Waals surface area contributed by atoms with Crippen molar-refractivity contribution in [1.29, 1.82) is 0 Å². The summed E-state index contributed by atoms with van der Waals surface area (Å²) in [7, 11) is 0. The Labute approximate surface area is 181 Å². The van der Waals surface area contributed by atoms with Crippen LogP contribution < -0.4 is 29.6 Å². The van der Waals surface area contributed by atoms with Gasteiger partial charge in [-0.1, -0.05) is 54.6 Å². The van der Waals surface area contributed by atoms with Gasteiger partial charge in [-0.15, -0.1) is 0 Å². The maximum absolute atomic E-state index is 12.7. The molecular weight excluding hydrogens is 351 g/mol. The van der Waals surface area contributed by atoms with Crippen molar-refractivity contribution in [2.45, 2.75) is 6.92 Å². The minimum atomic E-state index is -0.791. The van der Waals surface area contributed by atoms with E-state index in [9.17, 15) is 14.4 Å². The van der Waals surface area contributed by atoms with Crippen LogP contribution >= 0.6 is 0 Å². The molecule has 3 rings (SSSR count). The second-order valence-electron chi connectivity index (χ2n) is 5.77. The Morgan fingerprint density at radius 1 is 0.704 bits per heavy atom. The van der Waals surface area contributed by atoms with Crippen LogP contribution in [0, 0.1) is 6.92 Å². The van der Waals surface area contributed by atoms with Crippen molar-refractivity contribution in [1.82, 2.24) is 0 Å². The molecule has 3 aromatic rings. The summed E-state index contributed by atoms with van der Waals surface area (Å²) in [6.45, 7) is 1.79. The molecule has 0 atom stereocenters. The molecule has 130 valence electrons. The molecule has 0 aromatic heterocycles. The fourth-order valence-electron chi connectivity index (χ4n) is 2.51. The van der Waals surface area contributed by atoms with E-state index in [4.69, 9.17) is 4.74 Å². The molecule has 0 fully saturated rings. The van der Waals surface area contributed by atoms with E-state index in [2.05, 4.69) is 0 Å². The normalized spacial score (nSPS) is 9.81. The van der Waals surface area contributed by atoms with Crippen molar-refractivity contribution in [3.8, 4) is 0 Å². The van der Waals surface area contributed by atoms with Crippen molar-refractivity contribution in [3.05, 3.63) is 107 Å². The molecule has 0 N–H and O–H groups in total. The van der Waals surface area contributed by atoms with Crippen LogP contribution in [-0.4, -0.2) is 17.7 Å². The predicted octanol–water partition coefficient (Wildman–Crippen LogP) is 1.34. The monoisotopic (exact) mass is 368 g/mol. The zero-order chi connectivity index (χ0) is 18.5. The summed E-state index contributed by atoms with van der Waals surface area (Å²) in [6.07, 6.45) is 0. The van der Waals surface area contributed by atoms with Crippen LogP contribution in [0.25, 0.3) is 0 Å². The Morgan fingerprint density at radius 2 is 1.22 bits per heavy atom. The van der Waals surface area contributed by atoms with Crippen LogP contribution in [0.4, 0.5) is 0 Å². The minimum Gasteiger partial charge on any atom is -1.00 e. The maximum Gasteiger partial charge on any atom is 1.00 e. The van der Waals surface area contributed by atoms with Crippen LogP contribution in [0.5, 0.6) is 0 Å². The molecule has 0 heterocycles. The summed E-state index contributed by atoms with van der Waals surface area (Å²) >= 11 is 0. The first-order valence-electron chi connectivity index (χ1n) is 8.08. The van der Waals surface area contributed by atoms with Crippen LogP contribution in [-0.2, 0) is 4.74 Å². The minimum absolute atomic E-state index is 0. The van der Waals surface area contributed by atoms with Gasteiger partial charge in [-0.05, 0) is 36.8 Å². The molecule has 27 heavy (non-hydrogen) atoms. The van der Waals surface area contributed by atoms with Crippen LogP contribution in [0.2, 0.25) is 0 Å². The molecule has 4 nitrogen and oxygen atoms in total. The third kappa shape index (κ3) is 5.01. The largest absolute Gasteiger partial charge is 1.00 e. The standard InChI is InChI=1S/C22H16O4.Na.H/c1-15-12-13-18(14-19(15)20(23)16-8-4-2-5-9-16)22(25)26-21(24)17-10-6-3-7-11-17;;/h2-14H,1H3;;/q;+1;-1. The summed E-state index contributed by atoms with van der Waals surface area (Å²) in [5.41, 5.74) is 2.11. The predicted molar refractivity (Wildman–Crippen MR) is 98.4 cm³/mol. The Morgan fingerprint density at radius 3 is 1.81 bits per heavy atom. The van der Waals surface area contributed by atoms with Crippen LogP contribution in [0.1, 0.15) is 43.6 Å². The number of hydrogen-bond donors (Lipinski definition) is 0. The first-order valence-corrected chi connectivity index (χ1v) is 8.08. The summed E-state index contributed by atoms with van der Waals surface area (Å²) in [4.78, 5) is 37.0. The quantitative estimate of drug-likeness (QED) is 0.302. The second-order valence-corrected chi connectivity index (χ2v) is 5.77. The van der Waals surface area contributed by atoms with Gasteiger partial charge in [0.25, 0.3) is 0 Å². The molecule has 5 heteroatoms. The molecule has 0 aliphatic rings. The van der Waals surface area contributed by atoms with Gasteiger partial charge in [0.05, 0.1) is 11.1 Å². The average molecular weight is 368 g/mol. The van der Waals surface area contributed by atoms with Gasteiger partial charge in [-0.25, -0.2) is 9.59 Å². The van der Waals surface area contributed by atoms with E-state index in [1.807, 2.05) is 6.07 Å². The van der Waals surface area contributed by atoms with E-state index in [0.29, 0.717) is 11.1 Å². The SMILES string of the molecule is Cc1ccc(C(=O)OC(=O)c2ccccc2)cc1C(=O)c1ccccc1.[H-].[Na+]. The van der Waals surface area contributed by atoms with Gasteiger partial charge >= 0.3 is 41.5 Å². The van der Waals surface area contributed by atoms with E-state index < -0.39 is 11.9 Å². The third-order valence-electron chi connectivity index (χ3n) is 3.95. The number of esters is 2. The van der Waals surface area contributed by atoms with E-state index in [0.717, 1.165) is 5.56 Å². The van der Waals surface area contributed by atoms with E-state index in [-0.39, 0.29) is 47.9 Å². The molecule has 0 radical (unpaired) electrons. The summed E-state index contributed by atoms with van der Waals surface area (Å²) in [6, 6.07) is 21.7. The number of ether oxygens (including phenoxy) is 1. The number of benzene rings is 3. The van der Waals surface area contributed by atoms with E-state index in [1.54, 1.807) is 67.6 Å². The third-order valence-corrected chi connectivity index (χ3v) is 3.95. The number of carbonyl (C=O) groups is 3. The average Bonchev–Trinajstić information content (AvgIpc) is 2.69. The first kappa shape index (κ1) is 20.8. The molecule has 0 spiro atoms. The van der Waals surface area contributed by atoms with Crippen molar-refractivity contribution < 1.29 is 50.1 Å². The number of carbonyl (C=O) groups excluding carboxylic acids is 3. The van der Waals surface area contributed by atoms with Gasteiger partial charge in [-0.2, -0.15) is 0 Å². The number of ketones is 1. The number of rotatable bonds is 4. The topological polar surface area (TPSA) is 60.4 Å². The van der Waals surface area contributed by atoms with Crippen LogP contribution in [0.3, 0.4) is 0 Å². The molecule has 0 amide bonds. The van der Waals surface area contributed by atoms with E-state index in [1.165, 1.54) is 12.1 Å². The zero-order valence-corrected chi connectivity index (χ0v) is 17.1. The zero-order valence-electron chi connectivity index (χ0n) is 16.1. The smallest absolute Gasteiger partial charge is 1.00 e. The second kappa shape index (κ2) is 9.42. The Balaban J connectivity index is 0.00000196. The van der Waals surface area contributed by atoms with Gasteiger partial charge in [0, 0.05) is 11.1 Å². The van der Waals surface area contributed by atoms with Gasteiger partial charge in [-0.3, -0.25) is 4.79 Å². The molecule has 3 aromatic carbocycles. The summed E-state index contributed by atoms with van der Waals surface area (Å²) in [5.74, 6) is -1.71. The van der Waals surface area contributed by atoms with Crippen molar-refractivity contribution in [2.24, 2.45) is 0 Å². The van der Waals surface area contributed by atoms with Crippen molar-refractivity contribution in [3.63, 3.8) is 0 Å². The number of hydrogen-bond acceptors (Lipinski definition) is 4.